The first-order valence-electron chi connectivity index (χ1n) is 4.05. The molecule has 4 nitrogen and oxygen atoms in total. The molecule has 86 valence electrons. The van der Waals surface area contributed by atoms with Crippen LogP contribution in [0.4, 0.5) is 13.2 Å². The van der Waals surface area contributed by atoms with E-state index in [-0.39, 0.29) is 24.9 Å². The van der Waals surface area contributed by atoms with Crippen LogP contribution in [0.25, 0.3) is 0 Å². The number of rotatable bonds is 4. The Labute approximate surface area is 89.0 Å². The van der Waals surface area contributed by atoms with Gasteiger partial charge in [-0.2, -0.15) is 13.2 Å². The third-order valence-corrected chi connectivity index (χ3v) is 1.96. The van der Waals surface area contributed by atoms with Crippen molar-refractivity contribution < 1.29 is 17.9 Å². The first-order valence-corrected chi connectivity index (χ1v) is 4.58. The standard InChI is InChI=1S/C7H9ClF3N3O/c1-15-3-2-14-5(4-8)12-13-6(14)7(9,10)11/h2-4H2,1H3. The summed E-state index contributed by atoms with van der Waals surface area (Å²) < 4.78 is 42.9. The van der Waals surface area contributed by atoms with E-state index in [2.05, 4.69) is 10.2 Å². The van der Waals surface area contributed by atoms with Crippen molar-refractivity contribution in [2.75, 3.05) is 13.7 Å². The molecule has 0 amide bonds. The minimum absolute atomic E-state index is 0.0282. The number of hydrogen-bond acceptors (Lipinski definition) is 3. The summed E-state index contributed by atoms with van der Waals surface area (Å²) in [5.41, 5.74) is 0. The van der Waals surface area contributed by atoms with Crippen LogP contribution in [0.2, 0.25) is 0 Å². The average Bonchev–Trinajstić information content (AvgIpc) is 2.56. The highest BCUT2D eigenvalue weighted by atomic mass is 35.5. The predicted molar refractivity (Wildman–Crippen MR) is 46.5 cm³/mol. The van der Waals surface area contributed by atoms with E-state index in [1.54, 1.807) is 0 Å². The van der Waals surface area contributed by atoms with Gasteiger partial charge in [0.2, 0.25) is 5.82 Å². The molecule has 0 bridgehead atoms. The second-order valence-electron chi connectivity index (χ2n) is 2.72. The van der Waals surface area contributed by atoms with Crippen LogP contribution in [0.1, 0.15) is 11.6 Å². The molecule has 0 aromatic carbocycles. The van der Waals surface area contributed by atoms with E-state index in [9.17, 15) is 13.2 Å². The van der Waals surface area contributed by atoms with Crippen molar-refractivity contribution in [1.29, 1.82) is 0 Å². The first kappa shape index (κ1) is 12.3. The molecule has 0 saturated heterocycles. The Morgan fingerprint density at radius 3 is 2.53 bits per heavy atom. The lowest BCUT2D eigenvalue weighted by molar-refractivity contribution is -0.147. The molecule has 1 heterocycles. The Morgan fingerprint density at radius 2 is 2.07 bits per heavy atom. The molecule has 0 spiro atoms. The second kappa shape index (κ2) is 4.80. The van der Waals surface area contributed by atoms with Gasteiger partial charge in [0.15, 0.2) is 0 Å². The van der Waals surface area contributed by atoms with Gasteiger partial charge in [-0.15, -0.1) is 21.8 Å². The summed E-state index contributed by atoms with van der Waals surface area (Å²) in [5, 5.41) is 6.42. The van der Waals surface area contributed by atoms with Crippen LogP contribution in [0.15, 0.2) is 0 Å². The Kier molecular flexibility index (Phi) is 3.92. The first-order chi connectivity index (χ1) is 7.00. The molecule has 0 radical (unpaired) electrons. The van der Waals surface area contributed by atoms with Crippen molar-refractivity contribution >= 4 is 11.6 Å². The number of alkyl halides is 4. The van der Waals surface area contributed by atoms with E-state index in [4.69, 9.17) is 16.3 Å². The molecule has 0 atom stereocenters. The van der Waals surface area contributed by atoms with Crippen LogP contribution in [-0.2, 0) is 23.3 Å². The van der Waals surface area contributed by atoms with E-state index in [0.29, 0.717) is 0 Å². The van der Waals surface area contributed by atoms with Gasteiger partial charge in [0.05, 0.1) is 12.5 Å². The fourth-order valence-electron chi connectivity index (χ4n) is 1.06. The molecule has 0 aliphatic carbocycles. The molecule has 0 N–H and O–H groups in total. The molecule has 0 aliphatic heterocycles. The number of aromatic nitrogens is 3. The number of nitrogens with zero attached hydrogens (tertiary/aromatic N) is 3. The highest BCUT2D eigenvalue weighted by Gasteiger charge is 2.38. The van der Waals surface area contributed by atoms with Crippen LogP contribution in [-0.4, -0.2) is 28.5 Å². The molecular weight excluding hydrogens is 235 g/mol. The topological polar surface area (TPSA) is 39.9 Å². The maximum absolute atomic E-state index is 12.4. The largest absolute Gasteiger partial charge is 0.451 e. The molecule has 8 heteroatoms. The zero-order chi connectivity index (χ0) is 11.5. The van der Waals surface area contributed by atoms with Crippen LogP contribution in [0, 0.1) is 0 Å². The van der Waals surface area contributed by atoms with Crippen LogP contribution >= 0.6 is 11.6 Å². The van der Waals surface area contributed by atoms with Crippen molar-refractivity contribution in [3.8, 4) is 0 Å². The predicted octanol–water partition coefficient (Wildman–Crippen LogP) is 1.68. The maximum atomic E-state index is 12.4. The molecule has 0 saturated carbocycles. The van der Waals surface area contributed by atoms with Crippen LogP contribution in [0.5, 0.6) is 0 Å². The van der Waals surface area contributed by atoms with Crippen LogP contribution in [0.3, 0.4) is 0 Å². The van der Waals surface area contributed by atoms with Crippen molar-refractivity contribution in [3.05, 3.63) is 11.6 Å². The highest BCUT2D eigenvalue weighted by Crippen LogP contribution is 2.28. The Morgan fingerprint density at radius 1 is 1.40 bits per heavy atom. The lowest BCUT2D eigenvalue weighted by atomic mass is 10.5. The molecular formula is C7H9ClF3N3O. The second-order valence-corrected chi connectivity index (χ2v) is 2.98. The average molecular weight is 244 g/mol. The SMILES string of the molecule is COCCn1c(CCl)nnc1C(F)(F)F. The van der Waals surface area contributed by atoms with Crippen LogP contribution < -0.4 is 0 Å². The van der Waals surface area contributed by atoms with Gasteiger partial charge in [0, 0.05) is 13.7 Å². The van der Waals surface area contributed by atoms with Gasteiger partial charge in [-0.25, -0.2) is 0 Å². The van der Waals surface area contributed by atoms with Gasteiger partial charge in [0.1, 0.15) is 5.82 Å². The Balaban J connectivity index is 3.00. The number of ether oxygens (including phenoxy) is 1. The fraction of sp³-hybridized carbons (Fsp3) is 0.714. The van der Waals surface area contributed by atoms with Gasteiger partial charge in [-0.05, 0) is 0 Å². The Bertz CT molecular complexity index is 326. The van der Waals surface area contributed by atoms with E-state index in [0.717, 1.165) is 4.57 Å². The Hall–Kier alpha value is -0.820. The summed E-state index contributed by atoms with van der Waals surface area (Å²) in [5.74, 6) is -1.08. The van der Waals surface area contributed by atoms with Crippen molar-refractivity contribution in [1.82, 2.24) is 14.8 Å². The minimum Gasteiger partial charge on any atom is -0.383 e. The third kappa shape index (κ3) is 2.82. The van der Waals surface area contributed by atoms with Crippen molar-refractivity contribution in [2.24, 2.45) is 0 Å². The summed E-state index contributed by atoms with van der Waals surface area (Å²) in [6.07, 6.45) is -4.52. The lowest BCUT2D eigenvalue weighted by Crippen LogP contribution is -2.18. The van der Waals surface area contributed by atoms with E-state index in [1.807, 2.05) is 0 Å². The van der Waals surface area contributed by atoms with Gasteiger partial charge in [-0.1, -0.05) is 0 Å². The summed E-state index contributed by atoms with van der Waals surface area (Å²) in [4.78, 5) is 0. The number of halogens is 4. The normalized spacial score (nSPS) is 12.1. The van der Waals surface area contributed by atoms with E-state index < -0.39 is 12.0 Å². The third-order valence-electron chi connectivity index (χ3n) is 1.72. The molecule has 1 aromatic heterocycles. The molecule has 1 rings (SSSR count). The van der Waals surface area contributed by atoms with Crippen molar-refractivity contribution in [3.63, 3.8) is 0 Å². The summed E-state index contributed by atoms with van der Waals surface area (Å²) in [6.45, 7) is 0.172. The molecule has 15 heavy (non-hydrogen) atoms. The monoisotopic (exact) mass is 243 g/mol. The van der Waals surface area contributed by atoms with Crippen molar-refractivity contribution in [2.45, 2.75) is 18.6 Å². The van der Waals surface area contributed by atoms with Gasteiger partial charge >= 0.3 is 6.18 Å². The van der Waals surface area contributed by atoms with E-state index in [1.165, 1.54) is 7.11 Å². The zero-order valence-electron chi connectivity index (χ0n) is 7.88. The molecule has 0 unspecified atom stereocenters. The zero-order valence-corrected chi connectivity index (χ0v) is 8.64. The van der Waals surface area contributed by atoms with E-state index >= 15 is 0 Å². The fourth-order valence-corrected chi connectivity index (χ4v) is 1.26. The minimum atomic E-state index is -4.52. The summed E-state index contributed by atoms with van der Waals surface area (Å²) in [6, 6.07) is 0. The van der Waals surface area contributed by atoms with Gasteiger partial charge in [0.25, 0.3) is 0 Å². The smallest absolute Gasteiger partial charge is 0.383 e. The molecule has 0 fully saturated rings. The number of hydrogen-bond donors (Lipinski definition) is 0. The highest BCUT2D eigenvalue weighted by molar-refractivity contribution is 6.16. The van der Waals surface area contributed by atoms with Gasteiger partial charge < -0.3 is 9.30 Å². The quantitative estimate of drug-likeness (QED) is 0.756. The number of methoxy groups -OCH3 is 1. The molecule has 0 aliphatic rings. The summed E-state index contributed by atoms with van der Waals surface area (Å²) >= 11 is 5.44. The maximum Gasteiger partial charge on any atom is 0.451 e. The summed E-state index contributed by atoms with van der Waals surface area (Å²) in [7, 11) is 1.40. The molecule has 1 aromatic rings. The lowest BCUT2D eigenvalue weighted by Gasteiger charge is -2.10. The van der Waals surface area contributed by atoms with Gasteiger partial charge in [-0.3, -0.25) is 0 Å².